The van der Waals surface area contributed by atoms with Crippen LogP contribution in [0.2, 0.25) is 0 Å². The van der Waals surface area contributed by atoms with Gasteiger partial charge in [0.25, 0.3) is 0 Å². The van der Waals surface area contributed by atoms with E-state index in [-0.39, 0.29) is 11.8 Å². The maximum Gasteiger partial charge on any atom is 0.228 e. The summed E-state index contributed by atoms with van der Waals surface area (Å²) in [5.74, 6) is 0.192. The van der Waals surface area contributed by atoms with Crippen molar-refractivity contribution < 1.29 is 4.79 Å². The zero-order chi connectivity index (χ0) is 12.4. The summed E-state index contributed by atoms with van der Waals surface area (Å²) in [6, 6.07) is 9.68. The van der Waals surface area contributed by atoms with Gasteiger partial charge in [0.05, 0.1) is 11.4 Å². The van der Waals surface area contributed by atoms with Crippen molar-refractivity contribution >= 4 is 22.5 Å². The van der Waals surface area contributed by atoms with E-state index in [2.05, 4.69) is 15.6 Å². The fraction of sp³-hybridized carbons (Fsp3) is 0.286. The van der Waals surface area contributed by atoms with E-state index in [0.717, 1.165) is 36.1 Å². The molecular formula is C14H15N3O. The van der Waals surface area contributed by atoms with E-state index >= 15 is 0 Å². The first-order valence-electron chi connectivity index (χ1n) is 6.19. The average molecular weight is 241 g/mol. The molecule has 1 amide bonds. The van der Waals surface area contributed by atoms with Crippen LogP contribution in [0.5, 0.6) is 0 Å². The third-order valence-corrected chi connectivity index (χ3v) is 3.30. The fourth-order valence-corrected chi connectivity index (χ4v) is 2.28. The van der Waals surface area contributed by atoms with E-state index in [1.54, 1.807) is 6.20 Å². The van der Waals surface area contributed by atoms with Crippen LogP contribution in [-0.4, -0.2) is 24.0 Å². The van der Waals surface area contributed by atoms with Crippen LogP contribution in [0, 0.1) is 5.92 Å². The Kier molecular flexibility index (Phi) is 2.94. The van der Waals surface area contributed by atoms with E-state index in [1.807, 2.05) is 30.3 Å². The maximum absolute atomic E-state index is 12.0. The molecule has 4 nitrogen and oxygen atoms in total. The Morgan fingerprint density at radius 3 is 3.17 bits per heavy atom. The summed E-state index contributed by atoms with van der Waals surface area (Å²) in [7, 11) is 0. The highest BCUT2D eigenvalue weighted by molar-refractivity contribution is 5.95. The molecule has 2 heterocycles. The average Bonchev–Trinajstić information content (AvgIpc) is 2.92. The lowest BCUT2D eigenvalue weighted by molar-refractivity contribution is -0.119. The van der Waals surface area contributed by atoms with Gasteiger partial charge in [0.15, 0.2) is 0 Å². The van der Waals surface area contributed by atoms with Crippen LogP contribution < -0.4 is 10.6 Å². The molecule has 0 aliphatic carbocycles. The number of amides is 1. The highest BCUT2D eigenvalue weighted by Crippen LogP contribution is 2.18. The fourth-order valence-electron chi connectivity index (χ4n) is 2.28. The van der Waals surface area contributed by atoms with Gasteiger partial charge in [-0.05, 0) is 37.2 Å². The molecule has 3 rings (SSSR count). The van der Waals surface area contributed by atoms with Gasteiger partial charge >= 0.3 is 0 Å². The van der Waals surface area contributed by atoms with Crippen molar-refractivity contribution in [3.63, 3.8) is 0 Å². The minimum absolute atomic E-state index is 0.0922. The molecule has 1 unspecified atom stereocenters. The molecule has 1 aliphatic heterocycles. The number of aromatic nitrogens is 1. The molecule has 92 valence electrons. The number of anilines is 1. The molecule has 1 aromatic heterocycles. The molecule has 1 atom stereocenters. The topological polar surface area (TPSA) is 54.0 Å². The molecular weight excluding hydrogens is 226 g/mol. The lowest BCUT2D eigenvalue weighted by atomic mass is 10.1. The highest BCUT2D eigenvalue weighted by atomic mass is 16.1. The summed E-state index contributed by atoms with van der Waals surface area (Å²) < 4.78 is 0. The molecule has 1 saturated heterocycles. The van der Waals surface area contributed by atoms with Gasteiger partial charge in [-0.15, -0.1) is 0 Å². The predicted molar refractivity (Wildman–Crippen MR) is 71.3 cm³/mol. The number of carbonyl (C=O) groups excluding carboxylic acids is 1. The number of nitrogens with one attached hydrogen (secondary N) is 2. The largest absolute Gasteiger partial charge is 0.326 e. The van der Waals surface area contributed by atoms with E-state index in [1.165, 1.54) is 0 Å². The number of nitrogens with zero attached hydrogens (tertiary/aromatic N) is 1. The van der Waals surface area contributed by atoms with Crippen LogP contribution in [-0.2, 0) is 4.79 Å². The van der Waals surface area contributed by atoms with Crippen molar-refractivity contribution in [2.24, 2.45) is 5.92 Å². The van der Waals surface area contributed by atoms with Crippen LogP contribution in [0.4, 0.5) is 5.69 Å². The minimum atomic E-state index is 0.0922. The van der Waals surface area contributed by atoms with Crippen molar-refractivity contribution in [1.82, 2.24) is 10.3 Å². The van der Waals surface area contributed by atoms with Gasteiger partial charge in [-0.3, -0.25) is 9.78 Å². The van der Waals surface area contributed by atoms with Crippen molar-refractivity contribution in [2.45, 2.75) is 6.42 Å². The minimum Gasteiger partial charge on any atom is -0.326 e. The van der Waals surface area contributed by atoms with Gasteiger partial charge in [0, 0.05) is 23.8 Å². The van der Waals surface area contributed by atoms with Gasteiger partial charge in [0.1, 0.15) is 0 Å². The third-order valence-electron chi connectivity index (χ3n) is 3.30. The van der Waals surface area contributed by atoms with E-state index in [0.29, 0.717) is 0 Å². The lowest BCUT2D eigenvalue weighted by Crippen LogP contribution is -2.24. The van der Waals surface area contributed by atoms with Crippen LogP contribution in [0.1, 0.15) is 6.42 Å². The molecule has 4 heteroatoms. The molecule has 0 radical (unpaired) electrons. The maximum atomic E-state index is 12.0. The molecule has 0 saturated carbocycles. The second kappa shape index (κ2) is 4.74. The quantitative estimate of drug-likeness (QED) is 0.842. The number of hydrogen-bond acceptors (Lipinski definition) is 3. The second-order valence-electron chi connectivity index (χ2n) is 4.59. The van der Waals surface area contributed by atoms with Crippen molar-refractivity contribution in [3.8, 4) is 0 Å². The summed E-state index contributed by atoms with van der Waals surface area (Å²) in [6.07, 6.45) is 2.69. The van der Waals surface area contributed by atoms with E-state index in [4.69, 9.17) is 0 Å². The normalized spacial score (nSPS) is 19.0. The molecule has 0 spiro atoms. The van der Waals surface area contributed by atoms with Crippen LogP contribution in [0.3, 0.4) is 0 Å². The Morgan fingerprint density at radius 2 is 2.33 bits per heavy atom. The third kappa shape index (κ3) is 2.19. The molecule has 1 aromatic carbocycles. The summed E-state index contributed by atoms with van der Waals surface area (Å²) in [6.45, 7) is 1.71. The molecule has 1 fully saturated rings. The van der Waals surface area contributed by atoms with Gasteiger partial charge in [-0.2, -0.15) is 0 Å². The zero-order valence-electron chi connectivity index (χ0n) is 10.0. The smallest absolute Gasteiger partial charge is 0.228 e. The first kappa shape index (κ1) is 11.2. The Bertz CT molecular complexity index is 576. The van der Waals surface area contributed by atoms with Crippen LogP contribution >= 0.6 is 0 Å². The molecule has 18 heavy (non-hydrogen) atoms. The van der Waals surface area contributed by atoms with Gasteiger partial charge in [-0.1, -0.05) is 6.07 Å². The molecule has 2 aromatic rings. The van der Waals surface area contributed by atoms with Crippen molar-refractivity contribution in [2.75, 3.05) is 18.4 Å². The van der Waals surface area contributed by atoms with E-state index < -0.39 is 0 Å². The Morgan fingerprint density at radius 1 is 1.39 bits per heavy atom. The van der Waals surface area contributed by atoms with Gasteiger partial charge in [-0.25, -0.2) is 0 Å². The van der Waals surface area contributed by atoms with E-state index in [9.17, 15) is 4.79 Å². The summed E-state index contributed by atoms with van der Waals surface area (Å²) in [5.41, 5.74) is 1.78. The molecule has 1 aliphatic rings. The number of rotatable bonds is 2. The van der Waals surface area contributed by atoms with Crippen molar-refractivity contribution in [3.05, 3.63) is 36.5 Å². The second-order valence-corrected chi connectivity index (χ2v) is 4.59. The predicted octanol–water partition coefficient (Wildman–Crippen LogP) is 1.78. The monoisotopic (exact) mass is 241 g/mol. The zero-order valence-corrected chi connectivity index (χ0v) is 10.0. The SMILES string of the molecule is O=C(Nc1ccc2ncccc2c1)C1CCNC1. The summed E-state index contributed by atoms with van der Waals surface area (Å²) in [5, 5.41) is 7.21. The molecule has 2 N–H and O–H groups in total. The number of pyridine rings is 1. The summed E-state index contributed by atoms with van der Waals surface area (Å²) >= 11 is 0. The van der Waals surface area contributed by atoms with Gasteiger partial charge < -0.3 is 10.6 Å². The standard InChI is InChI=1S/C14H15N3O/c18-14(11-5-7-15-9-11)17-12-3-4-13-10(8-12)2-1-6-16-13/h1-4,6,8,11,15H,5,7,9H2,(H,17,18). The first-order valence-corrected chi connectivity index (χ1v) is 6.19. The number of benzene rings is 1. The van der Waals surface area contributed by atoms with Crippen LogP contribution in [0.25, 0.3) is 10.9 Å². The van der Waals surface area contributed by atoms with Crippen molar-refractivity contribution in [1.29, 1.82) is 0 Å². The number of fused-ring (bicyclic) bond motifs is 1. The number of carbonyl (C=O) groups is 1. The molecule has 0 bridgehead atoms. The number of hydrogen-bond donors (Lipinski definition) is 2. The lowest BCUT2D eigenvalue weighted by Gasteiger charge is -2.10. The highest BCUT2D eigenvalue weighted by Gasteiger charge is 2.22. The summed E-state index contributed by atoms with van der Waals surface area (Å²) in [4.78, 5) is 16.2. The Balaban J connectivity index is 1.79. The van der Waals surface area contributed by atoms with Crippen LogP contribution in [0.15, 0.2) is 36.5 Å². The Labute approximate surface area is 105 Å². The van der Waals surface area contributed by atoms with Gasteiger partial charge in [0.2, 0.25) is 5.91 Å². The Hall–Kier alpha value is -1.94. The first-order chi connectivity index (χ1) is 8.83.